The van der Waals surface area contributed by atoms with E-state index in [2.05, 4.69) is 16.0 Å². The number of thioether (sulfide) groups is 1. The number of fused-ring (bicyclic) bond motifs is 1. The summed E-state index contributed by atoms with van der Waals surface area (Å²) in [6.45, 7) is 0. The smallest absolute Gasteiger partial charge is 0.309 e. The third kappa shape index (κ3) is 2.21. The molecule has 0 bridgehead atoms. The quantitative estimate of drug-likeness (QED) is 0.603. The SMILES string of the molecule is N#CCSc1nc(=O)[nH]c2c1CCCC2. The van der Waals surface area contributed by atoms with E-state index in [0.717, 1.165) is 42.0 Å². The average Bonchev–Trinajstić information content (AvgIpc) is 2.25. The maximum Gasteiger partial charge on any atom is 0.346 e. The summed E-state index contributed by atoms with van der Waals surface area (Å²) < 4.78 is 0. The molecule has 0 spiro atoms. The van der Waals surface area contributed by atoms with Crippen molar-refractivity contribution in [2.24, 2.45) is 0 Å². The molecule has 2 rings (SSSR count). The summed E-state index contributed by atoms with van der Waals surface area (Å²) in [5.74, 6) is 0.350. The van der Waals surface area contributed by atoms with Gasteiger partial charge < -0.3 is 4.98 Å². The number of nitriles is 1. The maximum atomic E-state index is 11.3. The molecule has 0 radical (unpaired) electrons. The molecule has 0 aliphatic heterocycles. The van der Waals surface area contributed by atoms with Crippen LogP contribution in [0.3, 0.4) is 0 Å². The third-order valence-electron chi connectivity index (χ3n) is 2.46. The Hall–Kier alpha value is -1.28. The normalized spacial score (nSPS) is 14.3. The van der Waals surface area contributed by atoms with Crippen LogP contribution in [0.15, 0.2) is 9.82 Å². The van der Waals surface area contributed by atoms with Gasteiger partial charge in [0.15, 0.2) is 0 Å². The van der Waals surface area contributed by atoms with Gasteiger partial charge in [-0.2, -0.15) is 10.2 Å². The van der Waals surface area contributed by atoms with Crippen molar-refractivity contribution in [3.63, 3.8) is 0 Å². The second kappa shape index (κ2) is 4.49. The minimum Gasteiger partial charge on any atom is -0.309 e. The fraction of sp³-hybridized carbons (Fsp3) is 0.500. The molecule has 15 heavy (non-hydrogen) atoms. The first-order valence-corrected chi connectivity index (χ1v) is 5.91. The molecule has 1 aliphatic rings. The number of nitrogens with zero attached hydrogens (tertiary/aromatic N) is 2. The van der Waals surface area contributed by atoms with Crippen LogP contribution in [-0.4, -0.2) is 15.7 Å². The van der Waals surface area contributed by atoms with Gasteiger partial charge in [0, 0.05) is 11.3 Å². The van der Waals surface area contributed by atoms with Crippen molar-refractivity contribution >= 4 is 11.8 Å². The van der Waals surface area contributed by atoms with E-state index in [0.29, 0.717) is 5.75 Å². The molecule has 0 amide bonds. The largest absolute Gasteiger partial charge is 0.346 e. The minimum absolute atomic E-state index is 0.295. The van der Waals surface area contributed by atoms with Gasteiger partial charge in [-0.1, -0.05) is 11.8 Å². The van der Waals surface area contributed by atoms with Crippen molar-refractivity contribution in [3.8, 4) is 6.07 Å². The van der Waals surface area contributed by atoms with Gasteiger partial charge in [0.05, 0.1) is 11.8 Å². The Bertz CT molecular complexity index is 461. The van der Waals surface area contributed by atoms with E-state index in [-0.39, 0.29) is 5.69 Å². The van der Waals surface area contributed by atoms with Crippen molar-refractivity contribution in [2.75, 3.05) is 5.75 Å². The Morgan fingerprint density at radius 2 is 2.27 bits per heavy atom. The van der Waals surface area contributed by atoms with Gasteiger partial charge in [-0.05, 0) is 25.7 Å². The van der Waals surface area contributed by atoms with Crippen molar-refractivity contribution in [1.29, 1.82) is 5.26 Å². The molecule has 0 aromatic carbocycles. The van der Waals surface area contributed by atoms with E-state index in [9.17, 15) is 4.79 Å². The van der Waals surface area contributed by atoms with Crippen LogP contribution in [0.2, 0.25) is 0 Å². The zero-order valence-electron chi connectivity index (χ0n) is 8.25. The van der Waals surface area contributed by atoms with Gasteiger partial charge in [-0.25, -0.2) is 4.79 Å². The summed E-state index contributed by atoms with van der Waals surface area (Å²) in [5, 5.41) is 9.26. The fourth-order valence-corrected chi connectivity index (χ4v) is 2.56. The predicted molar refractivity (Wildman–Crippen MR) is 57.8 cm³/mol. The Balaban J connectivity index is 2.39. The standard InChI is InChI=1S/C10H11N3OS/c11-5-6-15-9-7-3-1-2-4-8(7)12-10(14)13-9/h1-4,6H2,(H,12,13,14). The number of aromatic nitrogens is 2. The lowest BCUT2D eigenvalue weighted by Gasteiger charge is -2.16. The molecule has 1 N–H and O–H groups in total. The van der Waals surface area contributed by atoms with E-state index >= 15 is 0 Å². The van der Waals surface area contributed by atoms with Gasteiger partial charge in [-0.15, -0.1) is 0 Å². The van der Waals surface area contributed by atoms with Crippen molar-refractivity contribution in [2.45, 2.75) is 30.7 Å². The van der Waals surface area contributed by atoms with Crippen LogP contribution in [0.4, 0.5) is 0 Å². The summed E-state index contributed by atoms with van der Waals surface area (Å²) in [6.07, 6.45) is 4.15. The minimum atomic E-state index is -0.295. The van der Waals surface area contributed by atoms with E-state index < -0.39 is 0 Å². The van der Waals surface area contributed by atoms with Gasteiger partial charge >= 0.3 is 5.69 Å². The number of hydrogen-bond acceptors (Lipinski definition) is 4. The van der Waals surface area contributed by atoms with Crippen LogP contribution in [0.1, 0.15) is 24.1 Å². The highest BCUT2D eigenvalue weighted by molar-refractivity contribution is 7.99. The van der Waals surface area contributed by atoms with Crippen molar-refractivity contribution in [3.05, 3.63) is 21.7 Å². The van der Waals surface area contributed by atoms with E-state index in [1.165, 1.54) is 11.8 Å². The Kier molecular flexibility index (Phi) is 3.07. The average molecular weight is 221 g/mol. The molecule has 1 aromatic heterocycles. The Morgan fingerprint density at radius 3 is 3.07 bits per heavy atom. The molecular weight excluding hydrogens is 210 g/mol. The monoisotopic (exact) mass is 221 g/mol. The van der Waals surface area contributed by atoms with Crippen molar-refractivity contribution < 1.29 is 0 Å². The molecule has 0 unspecified atom stereocenters. The fourth-order valence-electron chi connectivity index (χ4n) is 1.82. The van der Waals surface area contributed by atoms with Gasteiger partial charge in [0.25, 0.3) is 0 Å². The maximum absolute atomic E-state index is 11.3. The number of H-pyrrole nitrogens is 1. The molecule has 78 valence electrons. The van der Waals surface area contributed by atoms with Gasteiger partial charge in [0.2, 0.25) is 0 Å². The molecule has 0 saturated carbocycles. The first-order chi connectivity index (χ1) is 7.31. The highest BCUT2D eigenvalue weighted by atomic mass is 32.2. The lowest BCUT2D eigenvalue weighted by atomic mass is 9.98. The summed E-state index contributed by atoms with van der Waals surface area (Å²) in [5.41, 5.74) is 1.86. The number of rotatable bonds is 2. The zero-order chi connectivity index (χ0) is 10.7. The topological polar surface area (TPSA) is 69.5 Å². The molecule has 1 aromatic rings. The molecule has 4 nitrogen and oxygen atoms in total. The molecule has 0 saturated heterocycles. The van der Waals surface area contributed by atoms with Crippen LogP contribution in [-0.2, 0) is 12.8 Å². The Morgan fingerprint density at radius 1 is 1.47 bits per heavy atom. The van der Waals surface area contributed by atoms with Crippen molar-refractivity contribution in [1.82, 2.24) is 9.97 Å². The summed E-state index contributed by atoms with van der Waals surface area (Å²) in [4.78, 5) is 18.0. The van der Waals surface area contributed by atoms with E-state index in [1.54, 1.807) is 0 Å². The highest BCUT2D eigenvalue weighted by Gasteiger charge is 2.15. The highest BCUT2D eigenvalue weighted by Crippen LogP contribution is 2.26. The molecule has 5 heteroatoms. The number of hydrogen-bond donors (Lipinski definition) is 1. The first-order valence-electron chi connectivity index (χ1n) is 4.93. The first kappa shape index (κ1) is 10.2. The van der Waals surface area contributed by atoms with Gasteiger partial charge in [-0.3, -0.25) is 0 Å². The lowest BCUT2D eigenvalue weighted by molar-refractivity contribution is 0.639. The van der Waals surface area contributed by atoms with E-state index in [1.807, 2.05) is 0 Å². The third-order valence-corrected chi connectivity index (χ3v) is 3.34. The molecule has 0 atom stereocenters. The second-order valence-electron chi connectivity index (χ2n) is 3.46. The van der Waals surface area contributed by atoms with Crippen LogP contribution in [0.25, 0.3) is 0 Å². The summed E-state index contributed by atoms with van der Waals surface area (Å²) >= 11 is 1.36. The lowest BCUT2D eigenvalue weighted by Crippen LogP contribution is -2.19. The van der Waals surface area contributed by atoms with Crippen LogP contribution >= 0.6 is 11.8 Å². The number of aromatic amines is 1. The molecule has 0 fully saturated rings. The van der Waals surface area contributed by atoms with E-state index in [4.69, 9.17) is 5.26 Å². The van der Waals surface area contributed by atoms with Crippen LogP contribution in [0, 0.1) is 11.3 Å². The summed E-state index contributed by atoms with van der Waals surface area (Å²) in [6, 6.07) is 2.05. The Labute approximate surface area is 91.7 Å². The molecule has 1 heterocycles. The second-order valence-corrected chi connectivity index (χ2v) is 4.42. The predicted octanol–water partition coefficient (Wildman–Crippen LogP) is 1.26. The van der Waals surface area contributed by atoms with Crippen LogP contribution < -0.4 is 5.69 Å². The summed E-state index contributed by atoms with van der Waals surface area (Å²) in [7, 11) is 0. The van der Waals surface area contributed by atoms with Gasteiger partial charge in [0.1, 0.15) is 5.03 Å². The number of nitrogens with one attached hydrogen (secondary N) is 1. The molecule has 1 aliphatic carbocycles. The zero-order valence-corrected chi connectivity index (χ0v) is 9.06. The molecular formula is C10H11N3OS. The number of aryl methyl sites for hydroxylation is 1. The van der Waals surface area contributed by atoms with Crippen LogP contribution in [0.5, 0.6) is 0 Å².